The average molecular weight is 226 g/mol. The lowest BCUT2D eigenvalue weighted by Gasteiger charge is -1.95. The highest BCUT2D eigenvalue weighted by molar-refractivity contribution is 6.35. The summed E-state index contributed by atoms with van der Waals surface area (Å²) in [6.07, 6.45) is 0. The summed E-state index contributed by atoms with van der Waals surface area (Å²) in [7, 11) is 1.75. The van der Waals surface area contributed by atoms with Gasteiger partial charge in [0.25, 0.3) is 0 Å². The zero-order valence-corrected chi connectivity index (χ0v) is 9.10. The van der Waals surface area contributed by atoms with E-state index in [1.165, 1.54) is 19.1 Å². The fourth-order valence-corrected chi connectivity index (χ4v) is 2.05. The first-order chi connectivity index (χ1) is 7.02. The summed E-state index contributed by atoms with van der Waals surface area (Å²) in [5.41, 5.74) is 1.14. The molecule has 78 valence electrons. The number of halogens is 2. The number of benzene rings is 1. The number of Topliss-reactive ketones (excluding diaryl/α,β-unsaturated/α-hetero) is 1. The maximum Gasteiger partial charge on any atom is 0.163 e. The third kappa shape index (κ3) is 1.43. The SMILES string of the molecule is CC(=O)c1c(Cl)n(C)c2ccc(F)cc12. The third-order valence-corrected chi connectivity index (χ3v) is 2.88. The molecule has 0 aliphatic carbocycles. The van der Waals surface area contributed by atoms with Crippen LogP contribution in [0.3, 0.4) is 0 Å². The molecular weight excluding hydrogens is 217 g/mol. The van der Waals surface area contributed by atoms with Crippen LogP contribution < -0.4 is 0 Å². The van der Waals surface area contributed by atoms with Crippen LogP contribution in [0.1, 0.15) is 17.3 Å². The summed E-state index contributed by atoms with van der Waals surface area (Å²) in [6.45, 7) is 1.42. The summed E-state index contributed by atoms with van der Waals surface area (Å²) in [6, 6.07) is 4.30. The van der Waals surface area contributed by atoms with E-state index < -0.39 is 0 Å². The molecule has 15 heavy (non-hydrogen) atoms. The van der Waals surface area contributed by atoms with E-state index >= 15 is 0 Å². The van der Waals surface area contributed by atoms with E-state index in [1.54, 1.807) is 17.7 Å². The van der Waals surface area contributed by atoms with Gasteiger partial charge in [0.2, 0.25) is 0 Å². The molecular formula is C11H9ClFNO. The Labute approximate surface area is 91.3 Å². The monoisotopic (exact) mass is 225 g/mol. The predicted octanol–water partition coefficient (Wildman–Crippen LogP) is 3.17. The number of hydrogen-bond acceptors (Lipinski definition) is 1. The van der Waals surface area contributed by atoms with Crippen molar-refractivity contribution < 1.29 is 9.18 Å². The number of aromatic nitrogens is 1. The van der Waals surface area contributed by atoms with Gasteiger partial charge in [-0.25, -0.2) is 4.39 Å². The van der Waals surface area contributed by atoms with Crippen LogP contribution in [0.2, 0.25) is 5.15 Å². The summed E-state index contributed by atoms with van der Waals surface area (Å²) < 4.78 is 14.7. The minimum atomic E-state index is -0.368. The summed E-state index contributed by atoms with van der Waals surface area (Å²) in [4.78, 5) is 11.4. The Morgan fingerprint density at radius 1 is 1.47 bits per heavy atom. The van der Waals surface area contributed by atoms with E-state index in [-0.39, 0.29) is 11.6 Å². The van der Waals surface area contributed by atoms with Gasteiger partial charge in [-0.15, -0.1) is 0 Å². The molecule has 0 atom stereocenters. The Morgan fingerprint density at radius 3 is 2.73 bits per heavy atom. The molecule has 2 nitrogen and oxygen atoms in total. The van der Waals surface area contributed by atoms with Crippen LogP contribution in [0.15, 0.2) is 18.2 Å². The lowest BCUT2D eigenvalue weighted by molar-refractivity contribution is 0.101. The highest BCUT2D eigenvalue weighted by atomic mass is 35.5. The van der Waals surface area contributed by atoms with Gasteiger partial charge in [0.1, 0.15) is 11.0 Å². The maximum atomic E-state index is 13.1. The Kier molecular flexibility index (Phi) is 2.27. The van der Waals surface area contributed by atoms with Gasteiger partial charge in [-0.1, -0.05) is 11.6 Å². The molecule has 0 spiro atoms. The number of aryl methyl sites for hydroxylation is 1. The van der Waals surface area contributed by atoms with Crippen LogP contribution in [0, 0.1) is 5.82 Å². The highest BCUT2D eigenvalue weighted by Crippen LogP contribution is 2.29. The minimum absolute atomic E-state index is 0.156. The van der Waals surface area contributed by atoms with Crippen LogP contribution in [0.4, 0.5) is 4.39 Å². The second kappa shape index (κ2) is 3.35. The quantitative estimate of drug-likeness (QED) is 0.684. The van der Waals surface area contributed by atoms with Crippen LogP contribution in [-0.2, 0) is 7.05 Å². The molecule has 0 saturated carbocycles. The van der Waals surface area contributed by atoms with E-state index in [4.69, 9.17) is 11.6 Å². The van der Waals surface area contributed by atoms with Crippen LogP contribution in [0.5, 0.6) is 0 Å². The lowest BCUT2D eigenvalue weighted by atomic mass is 10.1. The average Bonchev–Trinajstić information content (AvgIpc) is 2.39. The molecule has 0 unspecified atom stereocenters. The maximum absolute atomic E-state index is 13.1. The topological polar surface area (TPSA) is 22.0 Å². The van der Waals surface area contributed by atoms with Gasteiger partial charge in [0.05, 0.1) is 5.56 Å². The van der Waals surface area contributed by atoms with Crippen molar-refractivity contribution in [2.45, 2.75) is 6.92 Å². The summed E-state index contributed by atoms with van der Waals surface area (Å²) in [5.74, 6) is -0.525. The van der Waals surface area contributed by atoms with Crippen molar-refractivity contribution in [2.24, 2.45) is 7.05 Å². The standard InChI is InChI=1S/C11H9ClFNO/c1-6(15)10-8-5-7(13)3-4-9(8)14(2)11(10)12/h3-5H,1-2H3. The molecule has 1 aromatic heterocycles. The molecule has 0 fully saturated rings. The highest BCUT2D eigenvalue weighted by Gasteiger charge is 2.17. The summed E-state index contributed by atoms with van der Waals surface area (Å²) >= 11 is 6.00. The number of carbonyl (C=O) groups is 1. The molecule has 0 bridgehead atoms. The molecule has 0 radical (unpaired) electrons. The van der Waals surface area contributed by atoms with Gasteiger partial charge in [-0.3, -0.25) is 4.79 Å². The van der Waals surface area contributed by atoms with Crippen molar-refractivity contribution in [1.29, 1.82) is 0 Å². The van der Waals surface area contributed by atoms with Crippen molar-refractivity contribution in [3.63, 3.8) is 0 Å². The van der Waals surface area contributed by atoms with Gasteiger partial charge in [0.15, 0.2) is 5.78 Å². The molecule has 2 rings (SSSR count). The van der Waals surface area contributed by atoms with Gasteiger partial charge in [-0.05, 0) is 25.1 Å². The Bertz CT molecular complexity index is 559. The van der Waals surface area contributed by atoms with Crippen molar-refractivity contribution in [2.75, 3.05) is 0 Å². The molecule has 1 aromatic carbocycles. The number of fused-ring (bicyclic) bond motifs is 1. The zero-order valence-electron chi connectivity index (χ0n) is 8.34. The second-order valence-electron chi connectivity index (χ2n) is 3.44. The first kappa shape index (κ1) is 10.2. The molecule has 0 aliphatic rings. The molecule has 4 heteroatoms. The molecule has 2 aromatic rings. The van der Waals surface area contributed by atoms with Crippen molar-refractivity contribution in [3.05, 3.63) is 34.7 Å². The Hall–Kier alpha value is -1.35. The van der Waals surface area contributed by atoms with Gasteiger partial charge in [0, 0.05) is 18.0 Å². The van der Waals surface area contributed by atoms with Crippen LogP contribution >= 0.6 is 11.6 Å². The lowest BCUT2D eigenvalue weighted by Crippen LogP contribution is -1.92. The number of hydrogen-bond donors (Lipinski definition) is 0. The van der Waals surface area contributed by atoms with E-state index in [2.05, 4.69) is 0 Å². The molecule has 1 heterocycles. The van der Waals surface area contributed by atoms with E-state index in [1.807, 2.05) is 0 Å². The number of nitrogens with zero attached hydrogens (tertiary/aromatic N) is 1. The van der Waals surface area contributed by atoms with E-state index in [0.717, 1.165) is 5.52 Å². The number of carbonyl (C=O) groups excluding carboxylic acids is 1. The van der Waals surface area contributed by atoms with Crippen molar-refractivity contribution in [3.8, 4) is 0 Å². The largest absolute Gasteiger partial charge is 0.334 e. The molecule has 0 N–H and O–H groups in total. The van der Waals surface area contributed by atoms with Crippen LogP contribution in [-0.4, -0.2) is 10.4 Å². The van der Waals surface area contributed by atoms with Gasteiger partial charge in [-0.2, -0.15) is 0 Å². The normalized spacial score (nSPS) is 10.9. The third-order valence-electron chi connectivity index (χ3n) is 2.44. The Morgan fingerprint density at radius 2 is 2.13 bits per heavy atom. The van der Waals surface area contributed by atoms with Crippen molar-refractivity contribution >= 4 is 28.3 Å². The van der Waals surface area contributed by atoms with E-state index in [0.29, 0.717) is 16.1 Å². The second-order valence-corrected chi connectivity index (χ2v) is 3.80. The molecule has 0 saturated heterocycles. The van der Waals surface area contributed by atoms with Gasteiger partial charge >= 0.3 is 0 Å². The molecule has 0 amide bonds. The fraction of sp³-hybridized carbons (Fsp3) is 0.182. The Balaban J connectivity index is 2.95. The number of rotatable bonds is 1. The predicted molar refractivity (Wildman–Crippen MR) is 57.9 cm³/mol. The van der Waals surface area contributed by atoms with Gasteiger partial charge < -0.3 is 4.57 Å². The minimum Gasteiger partial charge on any atom is -0.334 e. The fourth-order valence-electron chi connectivity index (χ4n) is 1.72. The smallest absolute Gasteiger partial charge is 0.163 e. The molecule has 0 aliphatic heterocycles. The first-order valence-corrected chi connectivity index (χ1v) is 4.84. The zero-order chi connectivity index (χ0) is 11.2. The van der Waals surface area contributed by atoms with Crippen molar-refractivity contribution in [1.82, 2.24) is 4.57 Å². The van der Waals surface area contributed by atoms with Crippen LogP contribution in [0.25, 0.3) is 10.9 Å². The number of ketones is 1. The summed E-state index contributed by atoms with van der Waals surface area (Å²) in [5, 5.41) is 0.915. The first-order valence-electron chi connectivity index (χ1n) is 4.46. The van der Waals surface area contributed by atoms with E-state index in [9.17, 15) is 9.18 Å².